The predicted molar refractivity (Wildman–Crippen MR) is 83.3 cm³/mol. The van der Waals surface area contributed by atoms with Gasteiger partial charge >= 0.3 is 0 Å². The first kappa shape index (κ1) is 15.5. The summed E-state index contributed by atoms with van der Waals surface area (Å²) in [6.07, 6.45) is 0. The summed E-state index contributed by atoms with van der Waals surface area (Å²) in [4.78, 5) is 0. The summed E-state index contributed by atoms with van der Waals surface area (Å²) in [5.74, 6) is 2.01. The molecule has 0 saturated heterocycles. The molecule has 0 amide bonds. The molecule has 0 bridgehead atoms. The normalized spacial score (nSPS) is 10.2. The predicted octanol–water partition coefficient (Wildman–Crippen LogP) is 3.27. The number of methoxy groups -OCH3 is 1. The van der Waals surface area contributed by atoms with Crippen LogP contribution in [0.5, 0.6) is 17.2 Å². The van der Waals surface area contributed by atoms with Crippen LogP contribution in [0, 0.1) is 0 Å². The number of hydrogen-bond donors (Lipinski definition) is 1. The molecule has 0 aliphatic rings. The highest BCUT2D eigenvalue weighted by Crippen LogP contribution is 2.27. The molecule has 0 saturated carbocycles. The van der Waals surface area contributed by atoms with Gasteiger partial charge in [-0.05, 0) is 29.8 Å². The highest BCUT2D eigenvalue weighted by molar-refractivity contribution is 6.32. The molecule has 0 aliphatic carbocycles. The largest absolute Gasteiger partial charge is 0.493 e. The van der Waals surface area contributed by atoms with Crippen LogP contribution in [0.4, 0.5) is 0 Å². The SMILES string of the molecule is COc1ccccc1OCCOc1ccc(CN)cc1Cl. The standard InChI is InChI=1S/C16H18ClNO3/c1-19-15-4-2-3-5-16(15)21-9-8-20-14-7-6-12(11-18)10-13(14)17/h2-7,10H,8-9,11,18H2,1H3. The number of nitrogens with two attached hydrogens (primary N) is 1. The van der Waals surface area contributed by atoms with E-state index in [1.54, 1.807) is 13.2 Å². The number of para-hydroxylation sites is 2. The Bertz CT molecular complexity index is 589. The lowest BCUT2D eigenvalue weighted by Gasteiger charge is -2.12. The van der Waals surface area contributed by atoms with Crippen LogP contribution in [-0.2, 0) is 6.54 Å². The molecule has 2 aromatic rings. The molecule has 0 fully saturated rings. The zero-order chi connectivity index (χ0) is 15.1. The van der Waals surface area contributed by atoms with Crippen LogP contribution in [0.3, 0.4) is 0 Å². The molecule has 0 atom stereocenters. The lowest BCUT2D eigenvalue weighted by molar-refractivity contribution is 0.211. The van der Waals surface area contributed by atoms with Crippen molar-refractivity contribution in [2.45, 2.75) is 6.54 Å². The van der Waals surface area contributed by atoms with Gasteiger partial charge in [0.15, 0.2) is 11.5 Å². The fourth-order valence-corrected chi connectivity index (χ4v) is 2.09. The lowest BCUT2D eigenvalue weighted by Crippen LogP contribution is -2.10. The average molecular weight is 308 g/mol. The minimum atomic E-state index is 0.389. The monoisotopic (exact) mass is 307 g/mol. The van der Waals surface area contributed by atoms with Crippen molar-refractivity contribution in [1.29, 1.82) is 0 Å². The maximum absolute atomic E-state index is 6.11. The first-order valence-electron chi connectivity index (χ1n) is 6.61. The van der Waals surface area contributed by atoms with E-state index in [2.05, 4.69) is 0 Å². The van der Waals surface area contributed by atoms with E-state index in [-0.39, 0.29) is 0 Å². The van der Waals surface area contributed by atoms with Gasteiger partial charge in [0.2, 0.25) is 0 Å². The molecule has 2 N–H and O–H groups in total. The van der Waals surface area contributed by atoms with E-state index >= 15 is 0 Å². The Balaban J connectivity index is 1.85. The number of ether oxygens (including phenoxy) is 3. The minimum absolute atomic E-state index is 0.389. The molecular weight excluding hydrogens is 290 g/mol. The van der Waals surface area contributed by atoms with Gasteiger partial charge in [0.05, 0.1) is 12.1 Å². The van der Waals surface area contributed by atoms with E-state index in [0.717, 1.165) is 5.56 Å². The molecule has 112 valence electrons. The summed E-state index contributed by atoms with van der Waals surface area (Å²) in [5, 5.41) is 0.551. The lowest BCUT2D eigenvalue weighted by atomic mass is 10.2. The van der Waals surface area contributed by atoms with Gasteiger partial charge in [-0.25, -0.2) is 0 Å². The molecule has 5 heteroatoms. The van der Waals surface area contributed by atoms with Crippen molar-refractivity contribution in [2.75, 3.05) is 20.3 Å². The van der Waals surface area contributed by atoms with Crippen molar-refractivity contribution in [1.82, 2.24) is 0 Å². The van der Waals surface area contributed by atoms with Gasteiger partial charge in [-0.2, -0.15) is 0 Å². The average Bonchev–Trinajstić information content (AvgIpc) is 2.53. The third kappa shape index (κ3) is 4.28. The van der Waals surface area contributed by atoms with Gasteiger partial charge in [0.1, 0.15) is 19.0 Å². The summed E-state index contributed by atoms with van der Waals surface area (Å²) in [5.41, 5.74) is 6.52. The summed E-state index contributed by atoms with van der Waals surface area (Å²) < 4.78 is 16.4. The minimum Gasteiger partial charge on any atom is -0.493 e. The van der Waals surface area contributed by atoms with E-state index in [0.29, 0.717) is 42.0 Å². The molecule has 2 aromatic carbocycles. The molecule has 0 spiro atoms. The first-order valence-corrected chi connectivity index (χ1v) is 6.99. The summed E-state index contributed by atoms with van der Waals surface area (Å²) in [6.45, 7) is 1.24. The smallest absolute Gasteiger partial charge is 0.161 e. The Kier molecular flexibility index (Phi) is 5.72. The number of hydrogen-bond acceptors (Lipinski definition) is 4. The van der Waals surface area contributed by atoms with Crippen molar-refractivity contribution < 1.29 is 14.2 Å². The number of halogens is 1. The molecule has 0 heterocycles. The van der Waals surface area contributed by atoms with Crippen LogP contribution in [0.15, 0.2) is 42.5 Å². The van der Waals surface area contributed by atoms with Crippen LogP contribution < -0.4 is 19.9 Å². The Morgan fingerprint density at radius 1 is 0.952 bits per heavy atom. The summed E-state index contributed by atoms with van der Waals surface area (Å²) in [7, 11) is 1.61. The highest BCUT2D eigenvalue weighted by Gasteiger charge is 2.04. The van der Waals surface area contributed by atoms with Gasteiger partial charge in [-0.15, -0.1) is 0 Å². The maximum Gasteiger partial charge on any atom is 0.161 e. The molecule has 0 radical (unpaired) electrons. The quantitative estimate of drug-likeness (QED) is 0.798. The van der Waals surface area contributed by atoms with Crippen molar-refractivity contribution >= 4 is 11.6 Å². The third-order valence-electron chi connectivity index (χ3n) is 2.90. The van der Waals surface area contributed by atoms with Crippen molar-refractivity contribution in [3.8, 4) is 17.2 Å². The molecule has 21 heavy (non-hydrogen) atoms. The Morgan fingerprint density at radius 2 is 1.62 bits per heavy atom. The van der Waals surface area contributed by atoms with Gasteiger partial charge < -0.3 is 19.9 Å². The van der Waals surface area contributed by atoms with Crippen LogP contribution >= 0.6 is 11.6 Å². The van der Waals surface area contributed by atoms with Gasteiger partial charge in [-0.3, -0.25) is 0 Å². The molecule has 0 unspecified atom stereocenters. The van der Waals surface area contributed by atoms with E-state index < -0.39 is 0 Å². The summed E-state index contributed by atoms with van der Waals surface area (Å²) >= 11 is 6.11. The van der Waals surface area contributed by atoms with Crippen LogP contribution in [0.25, 0.3) is 0 Å². The van der Waals surface area contributed by atoms with Gasteiger partial charge in [-0.1, -0.05) is 29.8 Å². The zero-order valence-corrected chi connectivity index (χ0v) is 12.6. The fraction of sp³-hybridized carbons (Fsp3) is 0.250. The van der Waals surface area contributed by atoms with E-state index in [1.165, 1.54) is 0 Å². The van der Waals surface area contributed by atoms with E-state index in [4.69, 9.17) is 31.5 Å². The highest BCUT2D eigenvalue weighted by atomic mass is 35.5. The Morgan fingerprint density at radius 3 is 2.24 bits per heavy atom. The van der Waals surface area contributed by atoms with Crippen molar-refractivity contribution in [3.63, 3.8) is 0 Å². The topological polar surface area (TPSA) is 53.7 Å². The Hall–Kier alpha value is -1.91. The number of rotatable bonds is 7. The van der Waals surface area contributed by atoms with Crippen LogP contribution in [0.2, 0.25) is 5.02 Å². The first-order chi connectivity index (χ1) is 10.2. The number of benzene rings is 2. The second-order valence-corrected chi connectivity index (χ2v) is 4.72. The molecule has 0 aliphatic heterocycles. The fourth-order valence-electron chi connectivity index (χ4n) is 1.83. The third-order valence-corrected chi connectivity index (χ3v) is 3.19. The van der Waals surface area contributed by atoms with Crippen LogP contribution in [0.1, 0.15) is 5.56 Å². The summed E-state index contributed by atoms with van der Waals surface area (Å²) in [6, 6.07) is 13.0. The molecule has 4 nitrogen and oxygen atoms in total. The van der Waals surface area contributed by atoms with Gasteiger partial charge in [0.25, 0.3) is 0 Å². The van der Waals surface area contributed by atoms with Crippen molar-refractivity contribution in [2.24, 2.45) is 5.73 Å². The second-order valence-electron chi connectivity index (χ2n) is 4.32. The molecule has 2 rings (SSSR count). The van der Waals surface area contributed by atoms with Crippen molar-refractivity contribution in [3.05, 3.63) is 53.1 Å². The maximum atomic E-state index is 6.11. The molecular formula is C16H18ClNO3. The van der Waals surface area contributed by atoms with E-state index in [9.17, 15) is 0 Å². The van der Waals surface area contributed by atoms with Gasteiger partial charge in [0, 0.05) is 6.54 Å². The zero-order valence-electron chi connectivity index (χ0n) is 11.8. The second kappa shape index (κ2) is 7.76. The molecule has 0 aromatic heterocycles. The van der Waals surface area contributed by atoms with E-state index in [1.807, 2.05) is 36.4 Å². The Labute approximate surface area is 129 Å². The van der Waals surface area contributed by atoms with Crippen LogP contribution in [-0.4, -0.2) is 20.3 Å².